The first kappa shape index (κ1) is 19.4. The number of anilines is 1. The van der Waals surface area contributed by atoms with E-state index >= 15 is 0 Å². The average molecular weight is 400 g/mol. The molecule has 144 valence electrons. The van der Waals surface area contributed by atoms with E-state index in [1.807, 2.05) is 6.07 Å². The molecule has 0 atom stereocenters. The van der Waals surface area contributed by atoms with Gasteiger partial charge in [-0.3, -0.25) is 14.9 Å². The number of carbonyl (C=O) groups excluding carboxylic acids is 1. The minimum atomic E-state index is -0.488. The van der Waals surface area contributed by atoms with Crippen LogP contribution < -0.4 is 10.1 Å². The number of ether oxygens (including phenoxy) is 1. The van der Waals surface area contributed by atoms with Crippen LogP contribution in [0.15, 0.2) is 52.1 Å². The Balaban J connectivity index is 1.60. The lowest BCUT2D eigenvalue weighted by atomic mass is 10.2. The third-order valence-corrected chi connectivity index (χ3v) is 4.56. The molecule has 0 saturated heterocycles. The van der Waals surface area contributed by atoms with Gasteiger partial charge in [0.15, 0.2) is 0 Å². The minimum absolute atomic E-state index is 0.0153. The van der Waals surface area contributed by atoms with Crippen LogP contribution in [0.1, 0.15) is 5.56 Å². The number of nitro groups is 1. The Morgan fingerprint density at radius 1 is 1.29 bits per heavy atom. The first-order valence-electron chi connectivity index (χ1n) is 8.12. The van der Waals surface area contributed by atoms with Crippen LogP contribution in [0.5, 0.6) is 5.75 Å². The van der Waals surface area contributed by atoms with Crippen molar-refractivity contribution in [1.82, 2.24) is 10.2 Å². The molecular formula is C18H16N4O5S. The molecule has 0 aliphatic rings. The van der Waals surface area contributed by atoms with E-state index in [-0.39, 0.29) is 22.6 Å². The summed E-state index contributed by atoms with van der Waals surface area (Å²) in [6, 6.07) is 11.7. The van der Waals surface area contributed by atoms with Crippen molar-refractivity contribution in [3.63, 3.8) is 0 Å². The highest BCUT2D eigenvalue weighted by Gasteiger charge is 2.14. The molecule has 0 bridgehead atoms. The zero-order valence-electron chi connectivity index (χ0n) is 15.0. The molecule has 3 aromatic rings. The average Bonchev–Trinajstić information content (AvgIpc) is 3.17. The molecule has 1 heterocycles. The van der Waals surface area contributed by atoms with Gasteiger partial charge < -0.3 is 14.5 Å². The van der Waals surface area contributed by atoms with Crippen LogP contribution in [0.3, 0.4) is 0 Å². The van der Waals surface area contributed by atoms with E-state index in [1.165, 1.54) is 6.07 Å². The Labute approximate surface area is 164 Å². The van der Waals surface area contributed by atoms with E-state index in [0.717, 1.165) is 11.8 Å². The summed E-state index contributed by atoms with van der Waals surface area (Å²) in [6.45, 7) is 1.63. The lowest BCUT2D eigenvalue weighted by Gasteiger charge is -2.05. The summed E-state index contributed by atoms with van der Waals surface area (Å²) in [6.07, 6.45) is 0. The Kier molecular flexibility index (Phi) is 5.90. The number of amides is 1. The fraction of sp³-hybridized carbons (Fsp3) is 0.167. The van der Waals surface area contributed by atoms with Crippen molar-refractivity contribution in [1.29, 1.82) is 0 Å². The molecular weight excluding hydrogens is 384 g/mol. The number of carbonyl (C=O) groups is 1. The van der Waals surface area contributed by atoms with Crippen molar-refractivity contribution in [2.24, 2.45) is 0 Å². The summed E-state index contributed by atoms with van der Waals surface area (Å²) in [5.74, 6) is 0.651. The molecule has 0 spiro atoms. The number of nitro benzene ring substituents is 1. The summed E-state index contributed by atoms with van der Waals surface area (Å²) < 4.78 is 10.7. The Morgan fingerprint density at radius 2 is 2.11 bits per heavy atom. The number of benzene rings is 2. The second-order valence-corrected chi connectivity index (χ2v) is 6.63. The van der Waals surface area contributed by atoms with Gasteiger partial charge in [0.2, 0.25) is 11.8 Å². The van der Waals surface area contributed by atoms with Crippen molar-refractivity contribution >= 4 is 29.0 Å². The smallest absolute Gasteiger partial charge is 0.277 e. The molecule has 28 heavy (non-hydrogen) atoms. The summed E-state index contributed by atoms with van der Waals surface area (Å²) in [4.78, 5) is 22.6. The largest absolute Gasteiger partial charge is 0.497 e. The Hall–Kier alpha value is -3.40. The lowest BCUT2D eigenvalue weighted by molar-refractivity contribution is -0.385. The van der Waals surface area contributed by atoms with Gasteiger partial charge in [0.1, 0.15) is 5.75 Å². The van der Waals surface area contributed by atoms with Crippen LogP contribution in [-0.4, -0.2) is 33.9 Å². The predicted octanol–water partition coefficient (Wildman–Crippen LogP) is 3.69. The highest BCUT2D eigenvalue weighted by Crippen LogP contribution is 2.26. The molecule has 2 aromatic carbocycles. The maximum Gasteiger partial charge on any atom is 0.277 e. The third kappa shape index (κ3) is 4.65. The van der Waals surface area contributed by atoms with E-state index in [9.17, 15) is 14.9 Å². The second kappa shape index (κ2) is 8.53. The van der Waals surface area contributed by atoms with E-state index in [1.54, 1.807) is 44.4 Å². The summed E-state index contributed by atoms with van der Waals surface area (Å²) in [5.41, 5.74) is 1.53. The van der Waals surface area contributed by atoms with Gasteiger partial charge >= 0.3 is 0 Å². The molecule has 0 saturated carbocycles. The number of aromatic nitrogens is 2. The zero-order valence-corrected chi connectivity index (χ0v) is 15.9. The normalized spacial score (nSPS) is 10.5. The van der Waals surface area contributed by atoms with Crippen molar-refractivity contribution in [2.75, 3.05) is 18.2 Å². The van der Waals surface area contributed by atoms with Crippen LogP contribution in [0.4, 0.5) is 11.4 Å². The van der Waals surface area contributed by atoms with Crippen molar-refractivity contribution in [3.05, 3.63) is 58.1 Å². The number of nitrogens with one attached hydrogen (secondary N) is 1. The zero-order chi connectivity index (χ0) is 20.1. The molecule has 0 unspecified atom stereocenters. The first-order valence-corrected chi connectivity index (χ1v) is 9.10. The van der Waals surface area contributed by atoms with Crippen LogP contribution in [-0.2, 0) is 4.79 Å². The number of nitrogens with zero attached hydrogens (tertiary/aromatic N) is 3. The predicted molar refractivity (Wildman–Crippen MR) is 103 cm³/mol. The van der Waals surface area contributed by atoms with Gasteiger partial charge in [-0.2, -0.15) is 0 Å². The van der Waals surface area contributed by atoms with E-state index in [4.69, 9.17) is 9.15 Å². The van der Waals surface area contributed by atoms with Crippen molar-refractivity contribution in [3.8, 4) is 17.2 Å². The van der Waals surface area contributed by atoms with Gasteiger partial charge in [-0.15, -0.1) is 10.2 Å². The maximum atomic E-state index is 12.1. The minimum Gasteiger partial charge on any atom is -0.497 e. The fourth-order valence-corrected chi connectivity index (χ4v) is 2.91. The van der Waals surface area contributed by atoms with Gasteiger partial charge in [0.05, 0.1) is 17.8 Å². The van der Waals surface area contributed by atoms with Crippen LogP contribution >= 0.6 is 11.8 Å². The fourth-order valence-electron chi connectivity index (χ4n) is 2.35. The Morgan fingerprint density at radius 3 is 2.86 bits per heavy atom. The van der Waals surface area contributed by atoms with Gasteiger partial charge in [-0.25, -0.2) is 0 Å². The molecule has 0 aliphatic heterocycles. The molecule has 10 heteroatoms. The molecule has 1 N–H and O–H groups in total. The molecule has 0 fully saturated rings. The number of aryl methyl sites for hydroxylation is 1. The quantitative estimate of drug-likeness (QED) is 0.362. The molecule has 0 radical (unpaired) electrons. The molecule has 0 aliphatic carbocycles. The molecule has 1 aromatic heterocycles. The molecule has 3 rings (SSSR count). The van der Waals surface area contributed by atoms with Gasteiger partial charge in [0.25, 0.3) is 10.9 Å². The van der Waals surface area contributed by atoms with E-state index < -0.39 is 4.92 Å². The molecule has 9 nitrogen and oxygen atoms in total. The number of hydrogen-bond donors (Lipinski definition) is 1. The summed E-state index contributed by atoms with van der Waals surface area (Å²) in [7, 11) is 1.56. The van der Waals surface area contributed by atoms with Gasteiger partial charge in [-0.05, 0) is 31.2 Å². The highest BCUT2D eigenvalue weighted by molar-refractivity contribution is 7.99. The van der Waals surface area contributed by atoms with Crippen LogP contribution in [0.2, 0.25) is 0 Å². The topological polar surface area (TPSA) is 120 Å². The molecule has 1 amide bonds. The number of hydrogen-bond acceptors (Lipinski definition) is 8. The van der Waals surface area contributed by atoms with Gasteiger partial charge in [0, 0.05) is 22.9 Å². The standard InChI is InChI=1S/C18H16N4O5S/c1-11-6-7-13(9-15(11)22(24)25)19-16(23)10-28-18-21-20-17(27-18)12-4-3-5-14(8-12)26-2/h3-9H,10H2,1-2H3,(H,19,23). The SMILES string of the molecule is COc1cccc(-c2nnc(SCC(=O)Nc3ccc(C)c([N+](=O)[O-])c3)o2)c1. The van der Waals surface area contributed by atoms with E-state index in [2.05, 4.69) is 15.5 Å². The maximum absolute atomic E-state index is 12.1. The lowest BCUT2D eigenvalue weighted by Crippen LogP contribution is -2.14. The number of methoxy groups -OCH3 is 1. The Bertz CT molecular complexity index is 1020. The number of rotatable bonds is 7. The third-order valence-electron chi connectivity index (χ3n) is 3.74. The van der Waals surface area contributed by atoms with Crippen molar-refractivity contribution < 1.29 is 18.9 Å². The van der Waals surface area contributed by atoms with E-state index in [0.29, 0.717) is 28.5 Å². The van der Waals surface area contributed by atoms with Crippen molar-refractivity contribution in [2.45, 2.75) is 12.1 Å². The van der Waals surface area contributed by atoms with Gasteiger partial charge in [-0.1, -0.05) is 23.9 Å². The summed E-state index contributed by atoms with van der Waals surface area (Å²) in [5, 5.41) is 21.7. The van der Waals surface area contributed by atoms with Crippen LogP contribution in [0.25, 0.3) is 11.5 Å². The first-order chi connectivity index (χ1) is 13.5. The second-order valence-electron chi connectivity index (χ2n) is 5.70. The highest BCUT2D eigenvalue weighted by atomic mass is 32.2. The monoisotopic (exact) mass is 400 g/mol. The summed E-state index contributed by atoms with van der Waals surface area (Å²) >= 11 is 1.07. The van der Waals surface area contributed by atoms with Crippen LogP contribution in [0, 0.1) is 17.0 Å². The number of thioether (sulfide) groups is 1.